The molecule has 2 aromatic heterocycles. The van der Waals surface area contributed by atoms with Gasteiger partial charge in [0.15, 0.2) is 0 Å². The molecule has 5 nitrogen and oxygen atoms in total. The number of hydrogen-bond acceptors (Lipinski definition) is 5. The summed E-state index contributed by atoms with van der Waals surface area (Å²) in [6.07, 6.45) is 0.740. The van der Waals surface area contributed by atoms with Crippen LogP contribution in [0, 0.1) is 13.8 Å². The van der Waals surface area contributed by atoms with E-state index in [4.69, 9.17) is 34.8 Å². The predicted molar refractivity (Wildman–Crippen MR) is 109 cm³/mol. The number of nitrogens with one attached hydrogen (secondary N) is 2. The highest BCUT2D eigenvalue weighted by Crippen LogP contribution is 2.34. The summed E-state index contributed by atoms with van der Waals surface area (Å²) in [4.78, 5) is 23.0. The lowest BCUT2D eigenvalue weighted by Gasteiger charge is -2.11. The van der Waals surface area contributed by atoms with Crippen LogP contribution in [0.25, 0.3) is 10.2 Å². The van der Waals surface area contributed by atoms with Gasteiger partial charge in [-0.3, -0.25) is 15.6 Å². The van der Waals surface area contributed by atoms with Crippen molar-refractivity contribution >= 4 is 68.0 Å². The van der Waals surface area contributed by atoms with Crippen LogP contribution in [0.1, 0.15) is 33.7 Å². The lowest BCUT2D eigenvalue weighted by atomic mass is 10.1. The highest BCUT2D eigenvalue weighted by molar-refractivity contribution is 7.20. The molecule has 0 aliphatic carbocycles. The first-order valence-corrected chi connectivity index (χ1v) is 9.74. The number of anilines is 1. The molecule has 0 radical (unpaired) electrons. The molecule has 136 valence electrons. The molecule has 3 rings (SSSR count). The third-order valence-electron chi connectivity index (χ3n) is 3.85. The van der Waals surface area contributed by atoms with E-state index in [1.807, 2.05) is 20.8 Å². The number of aryl methyl sites for hydroxylation is 3. The van der Waals surface area contributed by atoms with Gasteiger partial charge in [0.1, 0.15) is 10.7 Å². The van der Waals surface area contributed by atoms with Crippen LogP contribution in [-0.4, -0.2) is 15.9 Å². The molecule has 26 heavy (non-hydrogen) atoms. The summed E-state index contributed by atoms with van der Waals surface area (Å²) in [5, 5.41) is 1.95. The minimum Gasteiger partial charge on any atom is -0.295 e. The number of amides is 1. The van der Waals surface area contributed by atoms with Crippen molar-refractivity contribution in [3.05, 3.63) is 49.2 Å². The Kier molecular flexibility index (Phi) is 5.58. The molecule has 0 saturated heterocycles. The molecule has 1 aromatic carbocycles. The maximum Gasteiger partial charge on any atom is 0.280 e. The molecular formula is C17H15Cl3N4OS. The SMILES string of the molecule is CCc1nc(C)c2c(C)c(C(=O)NNc3c(Cl)cc(Cl)cc3Cl)sc2n1. The summed E-state index contributed by atoms with van der Waals surface area (Å²) in [6, 6.07) is 3.08. The Morgan fingerprint density at radius 3 is 2.42 bits per heavy atom. The highest BCUT2D eigenvalue weighted by Gasteiger charge is 2.19. The summed E-state index contributed by atoms with van der Waals surface area (Å²) in [7, 11) is 0. The van der Waals surface area contributed by atoms with Gasteiger partial charge in [0, 0.05) is 22.5 Å². The van der Waals surface area contributed by atoms with Crippen molar-refractivity contribution in [2.24, 2.45) is 0 Å². The third-order valence-corrected chi connectivity index (χ3v) is 5.85. The molecule has 2 N–H and O–H groups in total. The lowest BCUT2D eigenvalue weighted by molar-refractivity contribution is 0.0966. The van der Waals surface area contributed by atoms with Gasteiger partial charge in [-0.2, -0.15) is 0 Å². The number of aromatic nitrogens is 2. The van der Waals surface area contributed by atoms with Gasteiger partial charge in [0.25, 0.3) is 5.91 Å². The zero-order chi connectivity index (χ0) is 19.0. The standard InChI is InChI=1S/C17H15Cl3N4OS/c1-4-12-21-8(3)13-7(2)15(26-17(13)22-12)16(25)24-23-14-10(19)5-9(18)6-11(14)20/h5-6,23H,4H2,1-3H3,(H,24,25). The van der Waals surface area contributed by atoms with Crippen LogP contribution in [0.4, 0.5) is 5.69 Å². The van der Waals surface area contributed by atoms with Crippen molar-refractivity contribution < 1.29 is 4.79 Å². The predicted octanol–water partition coefficient (Wildman–Crippen LogP) is 5.59. The van der Waals surface area contributed by atoms with E-state index in [1.54, 1.807) is 12.1 Å². The van der Waals surface area contributed by atoms with E-state index >= 15 is 0 Å². The first kappa shape index (κ1) is 19.2. The van der Waals surface area contributed by atoms with E-state index in [2.05, 4.69) is 20.8 Å². The number of carbonyl (C=O) groups is 1. The second-order valence-electron chi connectivity index (χ2n) is 5.64. The second-order valence-corrected chi connectivity index (χ2v) is 7.89. The molecule has 0 aliphatic rings. The van der Waals surface area contributed by atoms with E-state index in [0.29, 0.717) is 25.6 Å². The maximum absolute atomic E-state index is 12.6. The average molecular weight is 430 g/mol. The van der Waals surface area contributed by atoms with Gasteiger partial charge in [0.05, 0.1) is 20.6 Å². The quantitative estimate of drug-likeness (QED) is 0.531. The van der Waals surface area contributed by atoms with Crippen LogP contribution in [0.2, 0.25) is 15.1 Å². The fourth-order valence-corrected chi connectivity index (χ4v) is 4.66. The van der Waals surface area contributed by atoms with Crippen LogP contribution in [0.15, 0.2) is 12.1 Å². The van der Waals surface area contributed by atoms with Gasteiger partial charge >= 0.3 is 0 Å². The highest BCUT2D eigenvalue weighted by atomic mass is 35.5. The van der Waals surface area contributed by atoms with Gasteiger partial charge < -0.3 is 0 Å². The molecule has 0 saturated carbocycles. The third kappa shape index (κ3) is 3.60. The maximum atomic E-state index is 12.6. The van der Waals surface area contributed by atoms with Crippen molar-refractivity contribution in [3.63, 3.8) is 0 Å². The number of benzene rings is 1. The monoisotopic (exact) mass is 428 g/mol. The zero-order valence-electron chi connectivity index (χ0n) is 14.2. The molecule has 2 heterocycles. The Morgan fingerprint density at radius 1 is 1.15 bits per heavy atom. The molecule has 0 fully saturated rings. The normalized spacial score (nSPS) is 11.0. The molecule has 0 spiro atoms. The van der Waals surface area contributed by atoms with E-state index < -0.39 is 0 Å². The first-order valence-electron chi connectivity index (χ1n) is 7.79. The fourth-order valence-electron chi connectivity index (χ4n) is 2.61. The van der Waals surface area contributed by atoms with Crippen molar-refractivity contribution in [3.8, 4) is 0 Å². The minimum absolute atomic E-state index is 0.301. The number of carbonyl (C=O) groups excluding carboxylic acids is 1. The van der Waals surface area contributed by atoms with Crippen molar-refractivity contribution in [1.29, 1.82) is 0 Å². The Morgan fingerprint density at radius 2 is 1.81 bits per heavy atom. The fraction of sp³-hybridized carbons (Fsp3) is 0.235. The number of thiophene rings is 1. The second kappa shape index (κ2) is 7.56. The Hall–Kier alpha value is -1.60. The Labute approximate surface area is 169 Å². The van der Waals surface area contributed by atoms with Gasteiger partial charge in [-0.1, -0.05) is 41.7 Å². The number of rotatable bonds is 4. The van der Waals surface area contributed by atoms with E-state index in [1.165, 1.54) is 11.3 Å². The average Bonchev–Trinajstić information content (AvgIpc) is 2.90. The van der Waals surface area contributed by atoms with Gasteiger partial charge in [-0.25, -0.2) is 9.97 Å². The number of nitrogens with zero attached hydrogens (tertiary/aromatic N) is 2. The zero-order valence-corrected chi connectivity index (χ0v) is 17.3. The molecule has 0 aliphatic heterocycles. The number of hydrazine groups is 1. The van der Waals surface area contributed by atoms with Crippen LogP contribution in [0.5, 0.6) is 0 Å². The van der Waals surface area contributed by atoms with Crippen molar-refractivity contribution in [1.82, 2.24) is 15.4 Å². The largest absolute Gasteiger partial charge is 0.295 e. The number of fused-ring (bicyclic) bond motifs is 1. The molecule has 0 atom stereocenters. The Bertz CT molecular complexity index is 996. The number of halogens is 3. The van der Waals surface area contributed by atoms with Gasteiger partial charge in [-0.15, -0.1) is 11.3 Å². The molecule has 0 bridgehead atoms. The van der Waals surface area contributed by atoms with Crippen molar-refractivity contribution in [2.45, 2.75) is 27.2 Å². The topological polar surface area (TPSA) is 66.9 Å². The van der Waals surface area contributed by atoms with Gasteiger partial charge in [0.2, 0.25) is 0 Å². The molecule has 9 heteroatoms. The van der Waals surface area contributed by atoms with Gasteiger partial charge in [-0.05, 0) is 31.5 Å². The molecular weight excluding hydrogens is 415 g/mol. The van der Waals surface area contributed by atoms with E-state index in [9.17, 15) is 4.79 Å². The van der Waals surface area contributed by atoms with Crippen LogP contribution in [-0.2, 0) is 6.42 Å². The summed E-state index contributed by atoms with van der Waals surface area (Å²) in [5.41, 5.74) is 7.49. The minimum atomic E-state index is -0.301. The summed E-state index contributed by atoms with van der Waals surface area (Å²) >= 11 is 19.5. The molecule has 1 amide bonds. The first-order chi connectivity index (χ1) is 12.3. The van der Waals surface area contributed by atoms with Crippen LogP contribution >= 0.6 is 46.1 Å². The Balaban J connectivity index is 1.89. The van der Waals surface area contributed by atoms with E-state index in [0.717, 1.165) is 33.7 Å². The van der Waals surface area contributed by atoms with Crippen LogP contribution in [0.3, 0.4) is 0 Å². The summed E-state index contributed by atoms with van der Waals surface area (Å²) in [5.74, 6) is 0.464. The van der Waals surface area contributed by atoms with E-state index in [-0.39, 0.29) is 5.91 Å². The molecule has 3 aromatic rings. The van der Waals surface area contributed by atoms with Crippen LogP contribution < -0.4 is 10.9 Å². The summed E-state index contributed by atoms with van der Waals surface area (Å²) < 4.78 is 0. The summed E-state index contributed by atoms with van der Waals surface area (Å²) in [6.45, 7) is 5.81. The van der Waals surface area contributed by atoms with Crippen molar-refractivity contribution in [2.75, 3.05) is 5.43 Å². The lowest BCUT2D eigenvalue weighted by Crippen LogP contribution is -2.29. The molecule has 0 unspecified atom stereocenters. The smallest absolute Gasteiger partial charge is 0.280 e. The number of hydrogen-bond donors (Lipinski definition) is 2.